The average molecular weight is 455 g/mol. The van der Waals surface area contributed by atoms with Crippen LogP contribution in [0.4, 0.5) is 11.4 Å². The number of aryl methyl sites for hydroxylation is 1. The molecular weight excluding hydrogens is 432 g/mol. The number of likely N-dealkylation sites (N-methyl/N-ethyl adjacent to an activating group) is 1. The summed E-state index contributed by atoms with van der Waals surface area (Å²) in [4.78, 5) is 44.1. The van der Waals surface area contributed by atoms with E-state index < -0.39 is 11.8 Å². The highest BCUT2D eigenvalue weighted by atomic mass is 35.5. The van der Waals surface area contributed by atoms with E-state index in [1.54, 1.807) is 56.4 Å². The summed E-state index contributed by atoms with van der Waals surface area (Å²) in [5, 5.41) is 11.5. The van der Waals surface area contributed by atoms with Crippen molar-refractivity contribution in [3.05, 3.63) is 76.3 Å². The van der Waals surface area contributed by atoms with E-state index in [1.807, 2.05) is 0 Å². The molecule has 0 fully saturated rings. The van der Waals surface area contributed by atoms with E-state index in [0.29, 0.717) is 35.1 Å². The second-order valence-corrected chi connectivity index (χ2v) is 7.31. The molecule has 1 heterocycles. The lowest BCUT2D eigenvalue weighted by atomic mass is 10.1. The zero-order valence-electron chi connectivity index (χ0n) is 17.6. The van der Waals surface area contributed by atoms with Crippen molar-refractivity contribution < 1.29 is 14.4 Å². The van der Waals surface area contributed by atoms with Gasteiger partial charge >= 0.3 is 0 Å². The average Bonchev–Trinajstić information content (AvgIpc) is 3.26. The van der Waals surface area contributed by atoms with Crippen molar-refractivity contribution in [3.63, 3.8) is 0 Å². The molecule has 9 nitrogen and oxygen atoms in total. The number of carbonyl (C=O) groups is 3. The quantitative estimate of drug-likeness (QED) is 0.334. The van der Waals surface area contributed by atoms with Crippen LogP contribution in [0.2, 0.25) is 5.02 Å². The predicted octanol–water partition coefficient (Wildman–Crippen LogP) is 2.83. The Morgan fingerprint density at radius 1 is 1.00 bits per heavy atom. The molecule has 3 aromatic rings. The van der Waals surface area contributed by atoms with E-state index in [9.17, 15) is 14.4 Å². The first-order valence-corrected chi connectivity index (χ1v) is 10.2. The Kier molecular flexibility index (Phi) is 7.58. The molecular formula is C22H23ClN6O3. The molecule has 1 aromatic heterocycles. The third kappa shape index (κ3) is 5.51. The molecule has 0 unspecified atom stereocenters. The standard InChI is InChI=1S/C22H23ClN6O3/c1-13-11-14(7-8-17(13)29-20(30)15-5-3-4-6-16(15)23)28-22(32)19-18(26-12-27-19)21(31)25-10-9-24-2/h3-8,11-12,24H,9-10H2,1-2H3,(H,25,31)(H,26,27)(H,28,32)(H,29,30). The molecule has 0 aliphatic rings. The van der Waals surface area contributed by atoms with Gasteiger partial charge in [0.2, 0.25) is 0 Å². The summed E-state index contributed by atoms with van der Waals surface area (Å²) in [5.74, 6) is -1.28. The van der Waals surface area contributed by atoms with Gasteiger partial charge in [-0.25, -0.2) is 4.98 Å². The number of hydrogen-bond donors (Lipinski definition) is 5. The lowest BCUT2D eigenvalue weighted by molar-refractivity contribution is 0.0935. The van der Waals surface area contributed by atoms with Crippen LogP contribution in [-0.2, 0) is 0 Å². The summed E-state index contributed by atoms with van der Waals surface area (Å²) in [7, 11) is 1.77. The molecule has 166 valence electrons. The number of nitrogens with one attached hydrogen (secondary N) is 5. The summed E-state index contributed by atoms with van der Waals surface area (Å²) in [6, 6.07) is 11.8. The highest BCUT2D eigenvalue weighted by Crippen LogP contribution is 2.23. The summed E-state index contributed by atoms with van der Waals surface area (Å²) in [6.45, 7) is 2.81. The van der Waals surface area contributed by atoms with Crippen molar-refractivity contribution in [2.24, 2.45) is 0 Å². The minimum absolute atomic E-state index is 0.0132. The van der Waals surface area contributed by atoms with Crippen molar-refractivity contribution >= 4 is 40.7 Å². The van der Waals surface area contributed by atoms with Gasteiger partial charge in [0, 0.05) is 24.5 Å². The maximum atomic E-state index is 12.7. The minimum Gasteiger partial charge on any atom is -0.349 e. The zero-order chi connectivity index (χ0) is 23.1. The number of aromatic amines is 1. The maximum absolute atomic E-state index is 12.7. The lowest BCUT2D eigenvalue weighted by Gasteiger charge is -2.12. The number of hydrogen-bond acceptors (Lipinski definition) is 5. The van der Waals surface area contributed by atoms with Gasteiger partial charge in [0.1, 0.15) is 5.69 Å². The first kappa shape index (κ1) is 23.0. The normalized spacial score (nSPS) is 10.5. The van der Waals surface area contributed by atoms with Gasteiger partial charge in [0.25, 0.3) is 17.7 Å². The second kappa shape index (κ2) is 10.6. The molecule has 32 heavy (non-hydrogen) atoms. The fraction of sp³-hybridized carbons (Fsp3) is 0.182. The Labute approximate surface area is 190 Å². The Hall–Kier alpha value is -3.69. The number of H-pyrrole nitrogens is 1. The molecule has 0 saturated carbocycles. The molecule has 0 aliphatic carbocycles. The van der Waals surface area contributed by atoms with E-state index in [4.69, 9.17) is 11.6 Å². The number of aromatic nitrogens is 2. The Morgan fingerprint density at radius 2 is 1.78 bits per heavy atom. The number of carbonyl (C=O) groups excluding carboxylic acids is 3. The van der Waals surface area contributed by atoms with Gasteiger partial charge in [0.15, 0.2) is 5.69 Å². The summed E-state index contributed by atoms with van der Waals surface area (Å²) < 4.78 is 0. The number of benzene rings is 2. The number of amides is 3. The van der Waals surface area contributed by atoms with Gasteiger partial charge < -0.3 is 26.3 Å². The topological polar surface area (TPSA) is 128 Å². The number of anilines is 2. The monoisotopic (exact) mass is 454 g/mol. The molecule has 3 rings (SSSR count). The largest absolute Gasteiger partial charge is 0.349 e. The molecule has 0 aliphatic heterocycles. The zero-order valence-corrected chi connectivity index (χ0v) is 18.3. The van der Waals surface area contributed by atoms with E-state index in [2.05, 4.69) is 31.2 Å². The van der Waals surface area contributed by atoms with Crippen LogP contribution >= 0.6 is 11.6 Å². The van der Waals surface area contributed by atoms with Crippen LogP contribution in [0, 0.1) is 6.92 Å². The molecule has 0 radical (unpaired) electrons. The van der Waals surface area contributed by atoms with Crippen LogP contribution < -0.4 is 21.3 Å². The summed E-state index contributed by atoms with van der Waals surface area (Å²) >= 11 is 6.08. The number of rotatable bonds is 8. The number of nitrogens with zero attached hydrogens (tertiary/aromatic N) is 1. The minimum atomic E-state index is -0.530. The fourth-order valence-electron chi connectivity index (χ4n) is 2.94. The van der Waals surface area contributed by atoms with Crippen molar-refractivity contribution in [2.75, 3.05) is 30.8 Å². The second-order valence-electron chi connectivity index (χ2n) is 6.90. The molecule has 0 saturated heterocycles. The van der Waals surface area contributed by atoms with Gasteiger partial charge in [-0.2, -0.15) is 0 Å². The molecule has 3 amide bonds. The number of imidazole rings is 1. The third-order valence-corrected chi connectivity index (χ3v) is 4.92. The van der Waals surface area contributed by atoms with Gasteiger partial charge in [-0.1, -0.05) is 23.7 Å². The fourth-order valence-corrected chi connectivity index (χ4v) is 3.16. The Balaban J connectivity index is 1.68. The van der Waals surface area contributed by atoms with Crippen LogP contribution in [0.25, 0.3) is 0 Å². The highest BCUT2D eigenvalue weighted by Gasteiger charge is 2.20. The van der Waals surface area contributed by atoms with Gasteiger partial charge in [-0.15, -0.1) is 0 Å². The van der Waals surface area contributed by atoms with E-state index in [0.717, 1.165) is 5.56 Å². The van der Waals surface area contributed by atoms with Crippen LogP contribution in [0.5, 0.6) is 0 Å². The lowest BCUT2D eigenvalue weighted by Crippen LogP contribution is -2.32. The van der Waals surface area contributed by atoms with Crippen LogP contribution in [-0.4, -0.2) is 47.8 Å². The van der Waals surface area contributed by atoms with Crippen molar-refractivity contribution in [3.8, 4) is 0 Å². The molecule has 2 aromatic carbocycles. The van der Waals surface area contributed by atoms with Crippen LogP contribution in [0.3, 0.4) is 0 Å². The van der Waals surface area contributed by atoms with Gasteiger partial charge in [-0.3, -0.25) is 14.4 Å². The smallest absolute Gasteiger partial charge is 0.276 e. The maximum Gasteiger partial charge on any atom is 0.276 e. The van der Waals surface area contributed by atoms with Crippen molar-refractivity contribution in [1.29, 1.82) is 0 Å². The van der Waals surface area contributed by atoms with E-state index in [-0.39, 0.29) is 17.3 Å². The van der Waals surface area contributed by atoms with Crippen LogP contribution in [0.1, 0.15) is 36.9 Å². The summed E-state index contributed by atoms with van der Waals surface area (Å²) in [5.41, 5.74) is 2.24. The van der Waals surface area contributed by atoms with Gasteiger partial charge in [0.05, 0.1) is 16.9 Å². The predicted molar refractivity (Wildman–Crippen MR) is 123 cm³/mol. The SMILES string of the molecule is CNCCNC(=O)c1[nH]cnc1C(=O)Nc1ccc(NC(=O)c2ccccc2Cl)c(C)c1. The number of halogens is 1. The molecule has 10 heteroatoms. The van der Waals surface area contributed by atoms with Crippen molar-refractivity contribution in [2.45, 2.75) is 6.92 Å². The van der Waals surface area contributed by atoms with Crippen molar-refractivity contribution in [1.82, 2.24) is 20.6 Å². The molecule has 0 spiro atoms. The first-order valence-electron chi connectivity index (χ1n) is 9.84. The Morgan fingerprint density at radius 3 is 2.50 bits per heavy atom. The first-order chi connectivity index (χ1) is 15.4. The third-order valence-electron chi connectivity index (χ3n) is 4.59. The molecule has 0 atom stereocenters. The van der Waals surface area contributed by atoms with Gasteiger partial charge in [-0.05, 0) is 49.9 Å². The van der Waals surface area contributed by atoms with E-state index in [1.165, 1.54) is 6.33 Å². The Bertz CT molecular complexity index is 1140. The molecule has 5 N–H and O–H groups in total. The van der Waals surface area contributed by atoms with E-state index >= 15 is 0 Å². The summed E-state index contributed by atoms with van der Waals surface area (Å²) in [6.07, 6.45) is 1.29. The van der Waals surface area contributed by atoms with Crippen LogP contribution in [0.15, 0.2) is 48.8 Å². The highest BCUT2D eigenvalue weighted by molar-refractivity contribution is 6.34. The molecule has 0 bridgehead atoms.